The highest BCUT2D eigenvalue weighted by atomic mass is 32.2. The SMILES string of the molecule is CCCN(C1CCSC1)C1COCC1C(=O)O. The minimum Gasteiger partial charge on any atom is -0.481 e. The van der Waals surface area contributed by atoms with Crippen LogP contribution in [-0.4, -0.2) is 59.3 Å². The molecule has 2 aliphatic heterocycles. The number of carboxylic acid groups (broad SMARTS) is 1. The first-order valence-corrected chi connectivity index (χ1v) is 7.53. The van der Waals surface area contributed by atoms with Crippen LogP contribution < -0.4 is 0 Å². The zero-order valence-corrected chi connectivity index (χ0v) is 11.1. The van der Waals surface area contributed by atoms with E-state index in [1.54, 1.807) is 0 Å². The number of ether oxygens (including phenoxy) is 1. The van der Waals surface area contributed by atoms with E-state index in [9.17, 15) is 9.90 Å². The molecule has 2 rings (SSSR count). The van der Waals surface area contributed by atoms with Gasteiger partial charge < -0.3 is 9.84 Å². The van der Waals surface area contributed by atoms with Crippen molar-refractivity contribution in [3.05, 3.63) is 0 Å². The summed E-state index contributed by atoms with van der Waals surface area (Å²) in [6.45, 7) is 4.10. The zero-order chi connectivity index (χ0) is 12.3. The van der Waals surface area contributed by atoms with E-state index in [2.05, 4.69) is 11.8 Å². The molecule has 3 atom stereocenters. The van der Waals surface area contributed by atoms with E-state index in [1.807, 2.05) is 11.8 Å². The van der Waals surface area contributed by atoms with Crippen molar-refractivity contribution in [2.75, 3.05) is 31.3 Å². The Labute approximate surface area is 107 Å². The fourth-order valence-electron chi connectivity index (χ4n) is 2.77. The number of hydrogen-bond acceptors (Lipinski definition) is 4. The van der Waals surface area contributed by atoms with Crippen LogP contribution in [0.25, 0.3) is 0 Å². The van der Waals surface area contributed by atoms with Crippen molar-refractivity contribution in [2.24, 2.45) is 5.92 Å². The summed E-state index contributed by atoms with van der Waals surface area (Å²) in [4.78, 5) is 13.6. The van der Waals surface area contributed by atoms with Gasteiger partial charge in [0.05, 0.1) is 19.1 Å². The maximum absolute atomic E-state index is 11.2. The molecule has 1 N–H and O–H groups in total. The van der Waals surface area contributed by atoms with E-state index < -0.39 is 5.97 Å². The molecule has 17 heavy (non-hydrogen) atoms. The number of carbonyl (C=O) groups is 1. The highest BCUT2D eigenvalue weighted by Gasteiger charge is 2.40. The molecule has 0 aromatic rings. The molecular weight excluding hydrogens is 238 g/mol. The normalized spacial score (nSPS) is 33.4. The number of hydrogen-bond donors (Lipinski definition) is 1. The highest BCUT2D eigenvalue weighted by molar-refractivity contribution is 7.99. The lowest BCUT2D eigenvalue weighted by atomic mass is 10.00. The number of thioether (sulfide) groups is 1. The van der Waals surface area contributed by atoms with Crippen molar-refractivity contribution in [1.29, 1.82) is 0 Å². The van der Waals surface area contributed by atoms with Gasteiger partial charge in [0, 0.05) is 17.8 Å². The van der Waals surface area contributed by atoms with Crippen molar-refractivity contribution >= 4 is 17.7 Å². The van der Waals surface area contributed by atoms with Gasteiger partial charge in [-0.2, -0.15) is 11.8 Å². The lowest BCUT2D eigenvalue weighted by Gasteiger charge is -2.34. The maximum Gasteiger partial charge on any atom is 0.310 e. The Morgan fingerprint density at radius 1 is 1.53 bits per heavy atom. The van der Waals surface area contributed by atoms with E-state index >= 15 is 0 Å². The van der Waals surface area contributed by atoms with Crippen molar-refractivity contribution in [3.8, 4) is 0 Å². The third kappa shape index (κ3) is 2.95. The second kappa shape index (κ2) is 6.07. The van der Waals surface area contributed by atoms with Crippen molar-refractivity contribution in [1.82, 2.24) is 4.90 Å². The predicted molar refractivity (Wildman–Crippen MR) is 68.5 cm³/mol. The Morgan fingerprint density at radius 2 is 2.35 bits per heavy atom. The van der Waals surface area contributed by atoms with Crippen LogP contribution in [-0.2, 0) is 9.53 Å². The number of rotatable bonds is 5. The van der Waals surface area contributed by atoms with Crippen LogP contribution in [0.2, 0.25) is 0 Å². The Kier molecular flexibility index (Phi) is 4.70. The van der Waals surface area contributed by atoms with Gasteiger partial charge in [0.1, 0.15) is 0 Å². The van der Waals surface area contributed by atoms with E-state index in [-0.39, 0.29) is 12.0 Å². The highest BCUT2D eigenvalue weighted by Crippen LogP contribution is 2.29. The van der Waals surface area contributed by atoms with Gasteiger partial charge in [0.15, 0.2) is 0 Å². The first-order chi connectivity index (χ1) is 8.24. The van der Waals surface area contributed by atoms with Crippen LogP contribution in [0.15, 0.2) is 0 Å². The summed E-state index contributed by atoms with van der Waals surface area (Å²) in [6.07, 6.45) is 2.26. The predicted octanol–water partition coefficient (Wildman–Crippen LogP) is 1.30. The van der Waals surface area contributed by atoms with E-state index in [0.717, 1.165) is 18.7 Å². The quantitative estimate of drug-likeness (QED) is 0.806. The smallest absolute Gasteiger partial charge is 0.310 e. The van der Waals surface area contributed by atoms with Gasteiger partial charge in [0.25, 0.3) is 0 Å². The van der Waals surface area contributed by atoms with Crippen LogP contribution in [0, 0.1) is 5.92 Å². The maximum atomic E-state index is 11.2. The summed E-state index contributed by atoms with van der Waals surface area (Å²) in [5, 5.41) is 9.23. The Balaban J connectivity index is 2.05. The molecule has 2 heterocycles. The molecule has 0 saturated carbocycles. The molecule has 0 aliphatic carbocycles. The Morgan fingerprint density at radius 3 is 2.94 bits per heavy atom. The summed E-state index contributed by atoms with van der Waals surface area (Å²) >= 11 is 1.97. The monoisotopic (exact) mass is 259 g/mol. The Hall–Kier alpha value is -0.260. The van der Waals surface area contributed by atoms with E-state index in [4.69, 9.17) is 4.74 Å². The fourth-order valence-corrected chi connectivity index (χ4v) is 4.00. The molecule has 98 valence electrons. The molecule has 5 heteroatoms. The fraction of sp³-hybridized carbons (Fsp3) is 0.917. The molecule has 2 fully saturated rings. The average molecular weight is 259 g/mol. The van der Waals surface area contributed by atoms with Gasteiger partial charge in [-0.25, -0.2) is 0 Å². The van der Waals surface area contributed by atoms with Crippen molar-refractivity contribution in [3.63, 3.8) is 0 Å². The van der Waals surface area contributed by atoms with E-state index in [1.165, 1.54) is 12.2 Å². The van der Waals surface area contributed by atoms with Gasteiger partial charge in [-0.3, -0.25) is 9.69 Å². The van der Waals surface area contributed by atoms with Crippen LogP contribution >= 0.6 is 11.8 Å². The largest absolute Gasteiger partial charge is 0.481 e. The molecule has 2 saturated heterocycles. The number of carboxylic acids is 1. The summed E-state index contributed by atoms with van der Waals surface area (Å²) in [7, 11) is 0. The van der Waals surface area contributed by atoms with Crippen LogP contribution in [0.5, 0.6) is 0 Å². The third-order valence-electron chi connectivity index (χ3n) is 3.65. The molecule has 0 spiro atoms. The minimum absolute atomic E-state index is 0.0798. The molecule has 0 radical (unpaired) electrons. The molecule has 0 bridgehead atoms. The number of aliphatic carboxylic acids is 1. The van der Waals surface area contributed by atoms with E-state index in [0.29, 0.717) is 19.3 Å². The second-order valence-electron chi connectivity index (χ2n) is 4.80. The molecule has 0 aromatic carbocycles. The van der Waals surface area contributed by atoms with Gasteiger partial charge in [-0.15, -0.1) is 0 Å². The van der Waals surface area contributed by atoms with Gasteiger partial charge in [-0.1, -0.05) is 6.92 Å². The lowest BCUT2D eigenvalue weighted by molar-refractivity contribution is -0.143. The van der Waals surface area contributed by atoms with Gasteiger partial charge in [-0.05, 0) is 25.1 Å². The van der Waals surface area contributed by atoms with Crippen LogP contribution in [0.1, 0.15) is 19.8 Å². The van der Waals surface area contributed by atoms with Crippen LogP contribution in [0.4, 0.5) is 0 Å². The molecular formula is C12H21NO3S. The Bertz CT molecular complexity index is 268. The molecule has 0 amide bonds. The standard InChI is InChI=1S/C12H21NO3S/c1-2-4-13(9-3-5-17-8-9)11-7-16-6-10(11)12(14)15/h9-11H,2-8H2,1H3,(H,14,15). The summed E-state index contributed by atoms with van der Waals surface area (Å²) < 4.78 is 5.39. The molecule has 4 nitrogen and oxygen atoms in total. The molecule has 3 unspecified atom stereocenters. The summed E-state index contributed by atoms with van der Waals surface area (Å²) in [5.74, 6) is 1.30. The number of nitrogens with zero attached hydrogens (tertiary/aromatic N) is 1. The van der Waals surface area contributed by atoms with Crippen LogP contribution in [0.3, 0.4) is 0 Å². The lowest BCUT2D eigenvalue weighted by Crippen LogP contribution is -2.49. The first-order valence-electron chi connectivity index (χ1n) is 6.38. The summed E-state index contributed by atoms with van der Waals surface area (Å²) in [6, 6.07) is 0.629. The third-order valence-corrected chi connectivity index (χ3v) is 4.79. The zero-order valence-electron chi connectivity index (χ0n) is 10.3. The van der Waals surface area contributed by atoms with Gasteiger partial charge in [0.2, 0.25) is 0 Å². The molecule has 0 aromatic heterocycles. The molecule has 2 aliphatic rings. The van der Waals surface area contributed by atoms with Crippen molar-refractivity contribution < 1.29 is 14.6 Å². The minimum atomic E-state index is -0.709. The van der Waals surface area contributed by atoms with Gasteiger partial charge >= 0.3 is 5.97 Å². The second-order valence-corrected chi connectivity index (χ2v) is 5.95. The first kappa shape index (κ1) is 13.2. The average Bonchev–Trinajstić information content (AvgIpc) is 2.96. The summed E-state index contributed by atoms with van der Waals surface area (Å²) in [5.41, 5.74) is 0. The van der Waals surface area contributed by atoms with Crippen molar-refractivity contribution in [2.45, 2.75) is 31.8 Å². The topological polar surface area (TPSA) is 49.8 Å².